The molecule has 106 valence electrons. The molecule has 0 N–H and O–H groups in total. The molecule has 0 spiro atoms. The van der Waals surface area contributed by atoms with Gasteiger partial charge in [-0.2, -0.15) is 0 Å². The van der Waals surface area contributed by atoms with Crippen LogP contribution in [0, 0.1) is 13.8 Å². The molecule has 0 radical (unpaired) electrons. The van der Waals surface area contributed by atoms with Gasteiger partial charge >= 0.3 is 0 Å². The number of hydrogen-bond acceptors (Lipinski definition) is 0. The smallest absolute Gasteiger partial charge is 0.0444 e. The van der Waals surface area contributed by atoms with Gasteiger partial charge in [0, 0.05) is 5.02 Å². The van der Waals surface area contributed by atoms with Crippen LogP contribution in [-0.2, 0) is 19.3 Å². The lowest BCUT2D eigenvalue weighted by molar-refractivity contribution is 1.06. The van der Waals surface area contributed by atoms with Crippen molar-refractivity contribution in [2.75, 3.05) is 0 Å². The minimum absolute atomic E-state index is 0.891. The lowest BCUT2D eigenvalue weighted by Gasteiger charge is -2.14. The van der Waals surface area contributed by atoms with Crippen molar-refractivity contribution in [2.24, 2.45) is 0 Å². The van der Waals surface area contributed by atoms with Gasteiger partial charge in [-0.25, -0.2) is 0 Å². The molecule has 0 unspecified atom stereocenters. The molecule has 2 aromatic rings. The van der Waals surface area contributed by atoms with Gasteiger partial charge in [0.15, 0.2) is 0 Å². The summed E-state index contributed by atoms with van der Waals surface area (Å²) in [6.07, 6.45) is 3.04. The predicted molar refractivity (Wildman–Crippen MR) is 88.9 cm³/mol. The summed E-state index contributed by atoms with van der Waals surface area (Å²) in [4.78, 5) is 0. The van der Waals surface area contributed by atoms with Crippen LogP contribution in [0.5, 0.6) is 0 Å². The second-order valence-electron chi connectivity index (χ2n) is 5.52. The average Bonchev–Trinajstić information content (AvgIpc) is 2.43. The van der Waals surface area contributed by atoms with Gasteiger partial charge < -0.3 is 0 Å². The zero-order valence-corrected chi connectivity index (χ0v) is 13.6. The molecule has 0 aliphatic heterocycles. The van der Waals surface area contributed by atoms with Crippen molar-refractivity contribution in [1.29, 1.82) is 0 Å². The van der Waals surface area contributed by atoms with Crippen molar-refractivity contribution < 1.29 is 0 Å². The van der Waals surface area contributed by atoms with E-state index in [1.54, 1.807) is 0 Å². The van der Waals surface area contributed by atoms with Crippen LogP contribution in [-0.4, -0.2) is 0 Å². The highest BCUT2D eigenvalue weighted by atomic mass is 35.5. The van der Waals surface area contributed by atoms with Crippen molar-refractivity contribution in [1.82, 2.24) is 0 Å². The van der Waals surface area contributed by atoms with Crippen LogP contribution in [0.3, 0.4) is 0 Å². The molecule has 0 aliphatic rings. The van der Waals surface area contributed by atoms with Crippen LogP contribution in [0.4, 0.5) is 0 Å². The Balaban J connectivity index is 2.35. The van der Waals surface area contributed by atoms with E-state index in [1.807, 2.05) is 0 Å². The maximum absolute atomic E-state index is 6.42. The Labute approximate surface area is 127 Å². The lowest BCUT2D eigenvalue weighted by Crippen LogP contribution is -1.99. The average molecular weight is 287 g/mol. The fourth-order valence-electron chi connectivity index (χ4n) is 2.71. The molecule has 1 heteroatoms. The summed E-state index contributed by atoms with van der Waals surface area (Å²) in [5.74, 6) is 0. The number of aryl methyl sites for hydroxylation is 4. The summed E-state index contributed by atoms with van der Waals surface area (Å²) in [5.41, 5.74) is 8.09. The molecular weight excluding hydrogens is 264 g/mol. The Hall–Kier alpha value is -1.27. The van der Waals surface area contributed by atoms with Crippen LogP contribution < -0.4 is 0 Å². The van der Waals surface area contributed by atoms with Crippen molar-refractivity contribution >= 4 is 11.6 Å². The van der Waals surface area contributed by atoms with Gasteiger partial charge in [0.1, 0.15) is 0 Å². The zero-order valence-electron chi connectivity index (χ0n) is 12.9. The van der Waals surface area contributed by atoms with E-state index in [0.29, 0.717) is 0 Å². The molecule has 0 nitrogen and oxygen atoms in total. The van der Waals surface area contributed by atoms with Gasteiger partial charge in [0.2, 0.25) is 0 Å². The van der Waals surface area contributed by atoms with Crippen molar-refractivity contribution in [3.63, 3.8) is 0 Å². The molecule has 20 heavy (non-hydrogen) atoms. The molecule has 2 rings (SSSR count). The molecule has 0 bridgehead atoms. The third-order valence-electron chi connectivity index (χ3n) is 4.06. The van der Waals surface area contributed by atoms with Crippen molar-refractivity contribution in [3.05, 3.63) is 68.7 Å². The van der Waals surface area contributed by atoms with E-state index in [-0.39, 0.29) is 0 Å². The van der Waals surface area contributed by atoms with Crippen LogP contribution in [0.25, 0.3) is 0 Å². The van der Waals surface area contributed by atoms with E-state index < -0.39 is 0 Å². The predicted octanol–water partition coefficient (Wildman–Crippen LogP) is 5.67. The summed E-state index contributed by atoms with van der Waals surface area (Å²) < 4.78 is 0. The van der Waals surface area contributed by atoms with E-state index in [2.05, 4.69) is 58.0 Å². The number of benzene rings is 2. The van der Waals surface area contributed by atoms with Gasteiger partial charge in [0.05, 0.1) is 0 Å². The van der Waals surface area contributed by atoms with E-state index in [0.717, 1.165) is 24.3 Å². The molecule has 0 saturated heterocycles. The first kappa shape index (κ1) is 15.1. The summed E-state index contributed by atoms with van der Waals surface area (Å²) in [6, 6.07) is 11.1. The monoisotopic (exact) mass is 286 g/mol. The Bertz CT molecular complexity index is 588. The maximum atomic E-state index is 6.42. The summed E-state index contributed by atoms with van der Waals surface area (Å²) in [7, 11) is 0. The Morgan fingerprint density at radius 1 is 0.850 bits per heavy atom. The molecule has 0 amide bonds. The Morgan fingerprint density at radius 2 is 1.45 bits per heavy atom. The highest BCUT2D eigenvalue weighted by Gasteiger charge is 2.08. The Kier molecular flexibility index (Phi) is 4.88. The van der Waals surface area contributed by atoms with Crippen molar-refractivity contribution in [3.8, 4) is 0 Å². The fourth-order valence-corrected chi connectivity index (χ4v) is 2.98. The van der Waals surface area contributed by atoms with E-state index >= 15 is 0 Å². The lowest BCUT2D eigenvalue weighted by atomic mass is 9.93. The van der Waals surface area contributed by atoms with E-state index in [1.165, 1.54) is 33.4 Å². The molecule has 0 saturated carbocycles. The molecule has 0 aliphatic carbocycles. The van der Waals surface area contributed by atoms with E-state index in [4.69, 9.17) is 11.6 Å². The minimum atomic E-state index is 0.891. The highest BCUT2D eigenvalue weighted by molar-refractivity contribution is 6.31. The van der Waals surface area contributed by atoms with Gasteiger partial charge in [-0.3, -0.25) is 0 Å². The second kappa shape index (κ2) is 6.45. The van der Waals surface area contributed by atoms with Gasteiger partial charge in [0.25, 0.3) is 0 Å². The van der Waals surface area contributed by atoms with Crippen LogP contribution in [0.15, 0.2) is 30.3 Å². The normalized spacial score (nSPS) is 10.8. The van der Waals surface area contributed by atoms with Crippen LogP contribution >= 0.6 is 11.6 Å². The van der Waals surface area contributed by atoms with Crippen LogP contribution in [0.1, 0.15) is 47.2 Å². The third-order valence-corrected chi connectivity index (χ3v) is 4.41. The first-order chi connectivity index (χ1) is 9.55. The first-order valence-electron chi connectivity index (χ1n) is 7.41. The second-order valence-corrected chi connectivity index (χ2v) is 5.93. The summed E-state index contributed by atoms with van der Waals surface area (Å²) >= 11 is 6.42. The first-order valence-corrected chi connectivity index (χ1v) is 7.79. The SMILES string of the molecule is CCc1cc(C)c(Cc2ccc(CC)cc2Cl)c(C)c1. The molecule has 2 aromatic carbocycles. The Morgan fingerprint density at radius 3 is 1.95 bits per heavy atom. The fraction of sp³-hybridized carbons (Fsp3) is 0.368. The molecular formula is C19H23Cl. The molecule has 0 aromatic heterocycles. The molecule has 0 heterocycles. The largest absolute Gasteiger partial charge is 0.0840 e. The van der Waals surface area contributed by atoms with Gasteiger partial charge in [-0.15, -0.1) is 0 Å². The zero-order chi connectivity index (χ0) is 14.7. The summed E-state index contributed by atoms with van der Waals surface area (Å²) in [6.45, 7) is 8.77. The van der Waals surface area contributed by atoms with Gasteiger partial charge in [-0.1, -0.05) is 49.7 Å². The standard InChI is InChI=1S/C19H23Cl/c1-5-15-7-8-17(19(20)11-15)12-18-13(3)9-16(6-2)10-14(18)4/h7-11H,5-6,12H2,1-4H3. The minimum Gasteiger partial charge on any atom is -0.0840 e. The quantitative estimate of drug-likeness (QED) is 0.679. The number of halogens is 1. The molecule has 0 atom stereocenters. The van der Waals surface area contributed by atoms with Gasteiger partial charge in [-0.05, 0) is 72.6 Å². The summed E-state index contributed by atoms with van der Waals surface area (Å²) in [5, 5.41) is 0.891. The third kappa shape index (κ3) is 3.24. The van der Waals surface area contributed by atoms with Crippen LogP contribution in [0.2, 0.25) is 5.02 Å². The number of rotatable bonds is 4. The van der Waals surface area contributed by atoms with E-state index in [9.17, 15) is 0 Å². The topological polar surface area (TPSA) is 0 Å². The van der Waals surface area contributed by atoms with Crippen molar-refractivity contribution in [2.45, 2.75) is 47.0 Å². The number of hydrogen-bond donors (Lipinski definition) is 0. The highest BCUT2D eigenvalue weighted by Crippen LogP contribution is 2.25. The maximum Gasteiger partial charge on any atom is 0.0444 e. The molecule has 0 fully saturated rings.